The molecular formula is C13H17N3O3. The molecule has 0 saturated heterocycles. The lowest BCUT2D eigenvalue weighted by Gasteiger charge is -2.15. The van der Waals surface area contributed by atoms with Crippen LogP contribution in [-0.4, -0.2) is 36.3 Å². The highest BCUT2D eigenvalue weighted by molar-refractivity contribution is 5.79. The number of nitrogens with zero attached hydrogens (tertiary/aromatic N) is 1. The third-order valence-electron chi connectivity index (χ3n) is 2.49. The van der Waals surface area contributed by atoms with Crippen LogP contribution in [0.1, 0.15) is 12.5 Å². The zero-order valence-electron chi connectivity index (χ0n) is 10.7. The minimum atomic E-state index is -0.771. The van der Waals surface area contributed by atoms with E-state index in [1.54, 1.807) is 31.2 Å². The molecule has 102 valence electrons. The second-order valence-corrected chi connectivity index (χ2v) is 4.14. The maximum absolute atomic E-state index is 10.8. The third kappa shape index (κ3) is 5.38. The number of primary amides is 1. The van der Waals surface area contributed by atoms with Gasteiger partial charge in [-0.05, 0) is 25.1 Å². The summed E-state index contributed by atoms with van der Waals surface area (Å²) in [5.74, 6) is 0.0379. The SMILES string of the molecule is CC(NCC(O)COc1cccc(C#N)c1)C(N)=O. The van der Waals surface area contributed by atoms with Crippen LogP contribution in [0, 0.1) is 11.3 Å². The number of nitriles is 1. The van der Waals surface area contributed by atoms with E-state index in [1.165, 1.54) is 0 Å². The highest BCUT2D eigenvalue weighted by atomic mass is 16.5. The van der Waals surface area contributed by atoms with E-state index in [0.29, 0.717) is 11.3 Å². The van der Waals surface area contributed by atoms with Crippen molar-refractivity contribution in [1.82, 2.24) is 5.32 Å². The second-order valence-electron chi connectivity index (χ2n) is 4.14. The molecule has 0 saturated carbocycles. The average molecular weight is 263 g/mol. The molecule has 0 radical (unpaired) electrons. The van der Waals surface area contributed by atoms with Gasteiger partial charge in [0.25, 0.3) is 0 Å². The quantitative estimate of drug-likeness (QED) is 0.629. The fourth-order valence-electron chi connectivity index (χ4n) is 1.32. The van der Waals surface area contributed by atoms with Gasteiger partial charge in [0, 0.05) is 6.54 Å². The van der Waals surface area contributed by atoms with Gasteiger partial charge in [-0.3, -0.25) is 4.79 Å². The minimum absolute atomic E-state index is 0.0629. The van der Waals surface area contributed by atoms with Crippen LogP contribution in [0.4, 0.5) is 0 Å². The number of hydrogen-bond donors (Lipinski definition) is 3. The number of amides is 1. The summed E-state index contributed by atoms with van der Waals surface area (Å²) >= 11 is 0. The lowest BCUT2D eigenvalue weighted by molar-refractivity contribution is -0.119. The number of benzene rings is 1. The number of aliphatic hydroxyl groups is 1. The molecule has 2 atom stereocenters. The Bertz CT molecular complexity index is 470. The van der Waals surface area contributed by atoms with Crippen molar-refractivity contribution in [2.45, 2.75) is 19.1 Å². The standard InChI is InChI=1S/C13H17N3O3/c1-9(13(15)18)16-7-11(17)8-19-12-4-2-3-10(5-12)6-14/h2-5,9,11,16-17H,7-8H2,1H3,(H2,15,18). The number of nitrogens with two attached hydrogens (primary N) is 1. The minimum Gasteiger partial charge on any atom is -0.491 e. The Morgan fingerprint density at radius 2 is 2.37 bits per heavy atom. The third-order valence-corrected chi connectivity index (χ3v) is 2.49. The summed E-state index contributed by atoms with van der Waals surface area (Å²) in [4.78, 5) is 10.8. The molecule has 1 aromatic rings. The molecule has 2 unspecified atom stereocenters. The maximum Gasteiger partial charge on any atom is 0.234 e. The molecule has 19 heavy (non-hydrogen) atoms. The van der Waals surface area contributed by atoms with Crippen molar-refractivity contribution >= 4 is 5.91 Å². The molecule has 1 amide bonds. The molecule has 0 aliphatic rings. The first-order valence-corrected chi connectivity index (χ1v) is 5.86. The van der Waals surface area contributed by atoms with Crippen LogP contribution in [0.15, 0.2) is 24.3 Å². The van der Waals surface area contributed by atoms with E-state index in [4.69, 9.17) is 15.7 Å². The number of aliphatic hydroxyl groups excluding tert-OH is 1. The molecule has 6 heteroatoms. The molecule has 0 aromatic heterocycles. The molecule has 0 fully saturated rings. The number of rotatable bonds is 7. The molecule has 6 nitrogen and oxygen atoms in total. The molecule has 0 aliphatic carbocycles. The van der Waals surface area contributed by atoms with Crippen molar-refractivity contribution in [3.8, 4) is 11.8 Å². The first-order valence-electron chi connectivity index (χ1n) is 5.86. The largest absolute Gasteiger partial charge is 0.491 e. The van der Waals surface area contributed by atoms with Crippen LogP contribution >= 0.6 is 0 Å². The fourth-order valence-corrected chi connectivity index (χ4v) is 1.32. The summed E-state index contributed by atoms with van der Waals surface area (Å²) in [6.07, 6.45) is -0.771. The van der Waals surface area contributed by atoms with Crippen LogP contribution in [0.25, 0.3) is 0 Å². The average Bonchev–Trinajstić information content (AvgIpc) is 2.42. The number of carbonyl (C=O) groups excluding carboxylic acids is 1. The number of hydrogen-bond acceptors (Lipinski definition) is 5. The highest BCUT2D eigenvalue weighted by Crippen LogP contribution is 2.12. The fraction of sp³-hybridized carbons (Fsp3) is 0.385. The topological polar surface area (TPSA) is 108 Å². The zero-order chi connectivity index (χ0) is 14.3. The Hall–Kier alpha value is -2.10. The van der Waals surface area contributed by atoms with E-state index in [-0.39, 0.29) is 13.2 Å². The van der Waals surface area contributed by atoms with Crippen molar-refractivity contribution in [2.75, 3.05) is 13.2 Å². The van der Waals surface area contributed by atoms with Gasteiger partial charge in [-0.25, -0.2) is 0 Å². The van der Waals surface area contributed by atoms with Gasteiger partial charge in [-0.2, -0.15) is 5.26 Å². The van der Waals surface area contributed by atoms with E-state index >= 15 is 0 Å². The van der Waals surface area contributed by atoms with Crippen molar-refractivity contribution in [3.05, 3.63) is 29.8 Å². The van der Waals surface area contributed by atoms with E-state index in [2.05, 4.69) is 5.32 Å². The van der Waals surface area contributed by atoms with Crippen LogP contribution in [0.3, 0.4) is 0 Å². The molecule has 0 heterocycles. The van der Waals surface area contributed by atoms with Crippen LogP contribution in [0.5, 0.6) is 5.75 Å². The Kier molecular flexibility index (Phi) is 5.79. The van der Waals surface area contributed by atoms with Crippen molar-refractivity contribution in [1.29, 1.82) is 5.26 Å². The van der Waals surface area contributed by atoms with E-state index in [0.717, 1.165) is 0 Å². The van der Waals surface area contributed by atoms with E-state index in [9.17, 15) is 9.90 Å². The van der Waals surface area contributed by atoms with E-state index < -0.39 is 18.1 Å². The van der Waals surface area contributed by atoms with Crippen molar-refractivity contribution in [2.24, 2.45) is 5.73 Å². The first kappa shape index (κ1) is 15.0. The molecule has 0 aliphatic heterocycles. The first-order chi connectivity index (χ1) is 9.02. The van der Waals surface area contributed by atoms with Crippen molar-refractivity contribution in [3.63, 3.8) is 0 Å². The van der Waals surface area contributed by atoms with Crippen LogP contribution < -0.4 is 15.8 Å². The molecule has 0 spiro atoms. The zero-order valence-corrected chi connectivity index (χ0v) is 10.7. The number of nitrogens with one attached hydrogen (secondary N) is 1. The lowest BCUT2D eigenvalue weighted by atomic mass is 10.2. The second kappa shape index (κ2) is 7.36. The Labute approximate surface area is 111 Å². The molecular weight excluding hydrogens is 246 g/mol. The lowest BCUT2D eigenvalue weighted by Crippen LogP contribution is -2.43. The van der Waals surface area contributed by atoms with Gasteiger partial charge in [0.05, 0.1) is 17.7 Å². The number of ether oxygens (including phenoxy) is 1. The Balaban J connectivity index is 2.35. The van der Waals surface area contributed by atoms with Gasteiger partial charge in [-0.1, -0.05) is 6.07 Å². The Morgan fingerprint density at radius 1 is 1.63 bits per heavy atom. The predicted octanol–water partition coefficient (Wildman–Crippen LogP) is -0.239. The molecule has 0 bridgehead atoms. The van der Waals surface area contributed by atoms with Gasteiger partial charge in [0.2, 0.25) is 5.91 Å². The summed E-state index contributed by atoms with van der Waals surface area (Å²) < 4.78 is 5.35. The van der Waals surface area contributed by atoms with Gasteiger partial charge in [0.1, 0.15) is 18.5 Å². The normalized spacial score (nSPS) is 13.3. The predicted molar refractivity (Wildman–Crippen MR) is 69.3 cm³/mol. The van der Waals surface area contributed by atoms with Gasteiger partial charge < -0.3 is 20.9 Å². The Morgan fingerprint density at radius 3 is 3.00 bits per heavy atom. The molecule has 4 N–H and O–H groups in total. The van der Waals surface area contributed by atoms with Crippen LogP contribution in [0.2, 0.25) is 0 Å². The summed E-state index contributed by atoms with van der Waals surface area (Å²) in [7, 11) is 0. The molecule has 1 rings (SSSR count). The van der Waals surface area contributed by atoms with Gasteiger partial charge in [-0.15, -0.1) is 0 Å². The van der Waals surface area contributed by atoms with Gasteiger partial charge >= 0.3 is 0 Å². The van der Waals surface area contributed by atoms with E-state index in [1.807, 2.05) is 6.07 Å². The highest BCUT2D eigenvalue weighted by Gasteiger charge is 2.11. The summed E-state index contributed by atoms with van der Waals surface area (Å²) in [6.45, 7) is 1.88. The van der Waals surface area contributed by atoms with Crippen molar-refractivity contribution < 1.29 is 14.6 Å². The summed E-state index contributed by atoms with van der Waals surface area (Å²) in [6, 6.07) is 8.16. The monoisotopic (exact) mass is 263 g/mol. The number of carbonyl (C=O) groups is 1. The smallest absolute Gasteiger partial charge is 0.234 e. The van der Waals surface area contributed by atoms with Crippen LogP contribution in [-0.2, 0) is 4.79 Å². The maximum atomic E-state index is 10.8. The summed E-state index contributed by atoms with van der Waals surface area (Å²) in [5, 5.41) is 21.2. The molecule has 1 aromatic carbocycles. The van der Waals surface area contributed by atoms with Gasteiger partial charge in [0.15, 0.2) is 0 Å². The summed E-state index contributed by atoms with van der Waals surface area (Å²) in [5.41, 5.74) is 5.57.